The molecule has 1 aliphatic rings. The fraction of sp³-hybridized carbons (Fsp3) is 0.350. The number of carbonyl (C=O) groups excluding carboxylic acids is 1. The van der Waals surface area contributed by atoms with E-state index in [0.717, 1.165) is 29.9 Å². The highest BCUT2D eigenvalue weighted by Crippen LogP contribution is 2.28. The fourth-order valence-corrected chi connectivity index (χ4v) is 3.25. The molecule has 0 aromatic carbocycles. The van der Waals surface area contributed by atoms with Crippen molar-refractivity contribution in [2.45, 2.75) is 33.2 Å². The average molecular weight is 366 g/mol. The van der Waals surface area contributed by atoms with Gasteiger partial charge in [-0.3, -0.25) is 18.6 Å². The lowest BCUT2D eigenvalue weighted by atomic mass is 10.2. The summed E-state index contributed by atoms with van der Waals surface area (Å²) in [4.78, 5) is 29.6. The number of fused-ring (bicyclic) bond motifs is 1. The van der Waals surface area contributed by atoms with Crippen molar-refractivity contribution in [1.29, 1.82) is 0 Å². The number of aryl methyl sites for hydroxylation is 2. The summed E-state index contributed by atoms with van der Waals surface area (Å²) in [5, 5.41) is 2.89. The third kappa shape index (κ3) is 3.20. The Labute approximate surface area is 156 Å². The summed E-state index contributed by atoms with van der Waals surface area (Å²) in [5.74, 6) is 1.82. The molecule has 3 aromatic heterocycles. The molecular weight excluding hydrogens is 344 g/mol. The molecule has 0 unspecified atom stereocenters. The van der Waals surface area contributed by atoms with Gasteiger partial charge in [0.1, 0.15) is 17.2 Å². The van der Waals surface area contributed by atoms with E-state index in [9.17, 15) is 9.59 Å². The van der Waals surface area contributed by atoms with Gasteiger partial charge in [0.15, 0.2) is 0 Å². The van der Waals surface area contributed by atoms with Gasteiger partial charge >= 0.3 is 0 Å². The molecule has 3 aromatic rings. The third-order valence-corrected chi connectivity index (χ3v) is 4.83. The van der Waals surface area contributed by atoms with Gasteiger partial charge in [0.25, 0.3) is 11.5 Å². The van der Waals surface area contributed by atoms with Crippen LogP contribution in [0.15, 0.2) is 40.3 Å². The largest absolute Gasteiger partial charge is 0.466 e. The molecule has 1 aliphatic carbocycles. The summed E-state index contributed by atoms with van der Waals surface area (Å²) in [6, 6.07) is 1.90. The number of amides is 1. The third-order valence-electron chi connectivity index (χ3n) is 4.83. The lowest BCUT2D eigenvalue weighted by Gasteiger charge is -2.11. The lowest BCUT2D eigenvalue weighted by molar-refractivity contribution is 0.0947. The Kier molecular flexibility index (Phi) is 4.22. The molecular formula is C20H22N4O3. The zero-order chi connectivity index (χ0) is 19.1. The maximum absolute atomic E-state index is 13.0. The Hall–Kier alpha value is -3.09. The van der Waals surface area contributed by atoms with Gasteiger partial charge in [-0.1, -0.05) is 6.08 Å². The van der Waals surface area contributed by atoms with Crippen LogP contribution in [0.1, 0.15) is 34.9 Å². The number of hydrogen-bond donors (Lipinski definition) is 1. The maximum atomic E-state index is 13.0. The first-order chi connectivity index (χ1) is 13.0. The monoisotopic (exact) mass is 366 g/mol. The quantitative estimate of drug-likeness (QED) is 0.680. The number of furan rings is 1. The number of nitrogens with one attached hydrogen (secondary N) is 1. The van der Waals surface area contributed by atoms with Crippen molar-refractivity contribution < 1.29 is 9.21 Å². The molecule has 7 heteroatoms. The summed E-state index contributed by atoms with van der Waals surface area (Å²) in [6.45, 7) is 8.47. The van der Waals surface area contributed by atoms with Gasteiger partial charge in [0.05, 0.1) is 5.69 Å². The first-order valence-electron chi connectivity index (χ1n) is 9.07. The first-order valence-corrected chi connectivity index (χ1v) is 9.07. The van der Waals surface area contributed by atoms with E-state index in [2.05, 4.69) is 16.9 Å². The van der Waals surface area contributed by atoms with E-state index in [0.29, 0.717) is 24.7 Å². The Morgan fingerprint density at radius 3 is 2.81 bits per heavy atom. The summed E-state index contributed by atoms with van der Waals surface area (Å²) < 4.78 is 8.84. The van der Waals surface area contributed by atoms with Gasteiger partial charge in [-0.25, -0.2) is 4.98 Å². The van der Waals surface area contributed by atoms with Gasteiger partial charge in [0, 0.05) is 31.0 Å². The molecule has 0 bridgehead atoms. The minimum Gasteiger partial charge on any atom is -0.466 e. The van der Waals surface area contributed by atoms with Crippen LogP contribution >= 0.6 is 0 Å². The zero-order valence-corrected chi connectivity index (χ0v) is 15.5. The lowest BCUT2D eigenvalue weighted by Crippen LogP contribution is -2.26. The highest BCUT2D eigenvalue weighted by molar-refractivity contribution is 5.92. The number of hydrogen-bond acceptors (Lipinski definition) is 4. The van der Waals surface area contributed by atoms with E-state index in [1.165, 1.54) is 0 Å². The van der Waals surface area contributed by atoms with Crippen molar-refractivity contribution >= 4 is 11.6 Å². The first kappa shape index (κ1) is 17.3. The minimum absolute atomic E-state index is 0.218. The number of nitrogens with zero attached hydrogens (tertiary/aromatic N) is 3. The maximum Gasteiger partial charge on any atom is 0.295 e. The van der Waals surface area contributed by atoms with Crippen LogP contribution in [0.5, 0.6) is 0 Å². The molecule has 1 fully saturated rings. The van der Waals surface area contributed by atoms with Gasteiger partial charge in [-0.2, -0.15) is 0 Å². The number of aromatic nitrogens is 3. The summed E-state index contributed by atoms with van der Waals surface area (Å²) in [5.41, 5.74) is 1.72. The highest BCUT2D eigenvalue weighted by Gasteiger charge is 2.23. The Morgan fingerprint density at radius 2 is 2.19 bits per heavy atom. The Morgan fingerprint density at radius 1 is 1.41 bits per heavy atom. The molecule has 1 amide bonds. The molecule has 1 N–H and O–H groups in total. The van der Waals surface area contributed by atoms with Crippen molar-refractivity contribution in [2.75, 3.05) is 6.54 Å². The van der Waals surface area contributed by atoms with Crippen LogP contribution in [0.25, 0.3) is 16.9 Å². The second-order valence-corrected chi connectivity index (χ2v) is 7.06. The van der Waals surface area contributed by atoms with E-state index in [-0.39, 0.29) is 22.8 Å². The van der Waals surface area contributed by atoms with Crippen LogP contribution < -0.4 is 10.9 Å². The molecule has 4 rings (SSSR count). The van der Waals surface area contributed by atoms with Crippen molar-refractivity contribution in [3.05, 3.63) is 58.7 Å². The predicted molar refractivity (Wildman–Crippen MR) is 102 cm³/mol. The van der Waals surface area contributed by atoms with Crippen molar-refractivity contribution in [1.82, 2.24) is 19.3 Å². The van der Waals surface area contributed by atoms with Crippen LogP contribution in [0.3, 0.4) is 0 Å². The summed E-state index contributed by atoms with van der Waals surface area (Å²) >= 11 is 0. The second-order valence-electron chi connectivity index (χ2n) is 7.06. The van der Waals surface area contributed by atoms with Gasteiger partial charge in [0.2, 0.25) is 5.65 Å². The van der Waals surface area contributed by atoms with Crippen molar-refractivity contribution in [2.24, 2.45) is 5.92 Å². The number of carbonyl (C=O) groups is 1. The summed E-state index contributed by atoms with van der Waals surface area (Å²) in [6.07, 6.45) is 7.39. The molecule has 1 saturated carbocycles. The predicted octanol–water partition coefficient (Wildman–Crippen LogP) is 2.70. The van der Waals surface area contributed by atoms with Crippen molar-refractivity contribution in [3.63, 3.8) is 0 Å². The van der Waals surface area contributed by atoms with Crippen LogP contribution in [-0.2, 0) is 6.54 Å². The van der Waals surface area contributed by atoms with Crippen LogP contribution in [0.4, 0.5) is 0 Å². The summed E-state index contributed by atoms with van der Waals surface area (Å²) in [7, 11) is 0. The average Bonchev–Trinajstić information content (AvgIpc) is 3.26. The molecule has 0 radical (unpaired) electrons. The Bertz CT molecular complexity index is 1100. The second kappa shape index (κ2) is 6.57. The van der Waals surface area contributed by atoms with Crippen LogP contribution in [-0.4, -0.2) is 26.4 Å². The molecule has 3 heterocycles. The topological polar surface area (TPSA) is 81.5 Å². The van der Waals surface area contributed by atoms with E-state index < -0.39 is 0 Å². The van der Waals surface area contributed by atoms with E-state index in [1.54, 1.807) is 21.2 Å². The van der Waals surface area contributed by atoms with Gasteiger partial charge in [-0.05, 0) is 38.7 Å². The van der Waals surface area contributed by atoms with E-state index in [1.807, 2.05) is 26.1 Å². The zero-order valence-electron chi connectivity index (χ0n) is 15.5. The van der Waals surface area contributed by atoms with Crippen molar-refractivity contribution in [3.8, 4) is 11.3 Å². The molecule has 0 aliphatic heterocycles. The Balaban J connectivity index is 1.81. The smallest absolute Gasteiger partial charge is 0.295 e. The molecule has 27 heavy (non-hydrogen) atoms. The molecule has 0 saturated heterocycles. The van der Waals surface area contributed by atoms with Crippen LogP contribution in [0.2, 0.25) is 0 Å². The fourth-order valence-electron chi connectivity index (χ4n) is 3.25. The number of rotatable bonds is 6. The van der Waals surface area contributed by atoms with E-state index in [4.69, 9.17) is 4.42 Å². The molecule has 7 nitrogen and oxygen atoms in total. The van der Waals surface area contributed by atoms with Gasteiger partial charge < -0.3 is 9.73 Å². The molecule has 140 valence electrons. The van der Waals surface area contributed by atoms with Gasteiger partial charge in [-0.15, -0.1) is 6.58 Å². The SMILES string of the molecule is C=CCn1c(-c2cc(C)oc2C)cn2cc(C(=O)NCC3CC3)nc2c1=O. The molecule has 0 spiro atoms. The minimum atomic E-state index is -0.271. The normalized spacial score (nSPS) is 13.9. The number of allylic oxidation sites excluding steroid dienone is 1. The standard InChI is InChI=1S/C20H22N4O3/c1-4-7-24-17(15-8-12(2)27-13(15)3)11-23-10-16(22-18(23)20(24)26)19(25)21-9-14-5-6-14/h4,8,10-11,14H,1,5-7,9H2,2-3H3,(H,21,25). The number of imidazole rings is 1. The van der Waals surface area contributed by atoms with Crippen LogP contribution in [0, 0.1) is 19.8 Å². The van der Waals surface area contributed by atoms with E-state index >= 15 is 0 Å². The highest BCUT2D eigenvalue weighted by atomic mass is 16.3. The molecule has 0 atom stereocenters.